The standard InChI is InChI=1S/C9H8FNO2/c10-7-3-1-2-6(9(7)11)4-5-8(12)13/h1-5H,11H2,(H,12,13). The van der Waals surface area contributed by atoms with Crippen molar-refractivity contribution >= 4 is 17.7 Å². The van der Waals surface area contributed by atoms with E-state index < -0.39 is 11.8 Å². The van der Waals surface area contributed by atoms with Gasteiger partial charge in [0.2, 0.25) is 0 Å². The first-order valence-electron chi connectivity index (χ1n) is 3.56. The van der Waals surface area contributed by atoms with Gasteiger partial charge in [-0.25, -0.2) is 9.18 Å². The Hall–Kier alpha value is -1.84. The molecule has 3 nitrogen and oxygen atoms in total. The SMILES string of the molecule is Nc1c(F)cccc1C=CC(=O)O. The highest BCUT2D eigenvalue weighted by Crippen LogP contribution is 2.16. The minimum atomic E-state index is -1.09. The Balaban J connectivity index is 3.02. The molecule has 0 saturated heterocycles. The van der Waals surface area contributed by atoms with E-state index in [0.29, 0.717) is 5.56 Å². The van der Waals surface area contributed by atoms with Crippen LogP contribution in [0.25, 0.3) is 6.08 Å². The van der Waals surface area contributed by atoms with Gasteiger partial charge in [-0.15, -0.1) is 0 Å². The highest BCUT2D eigenvalue weighted by molar-refractivity contribution is 5.86. The first kappa shape index (κ1) is 9.25. The van der Waals surface area contributed by atoms with Crippen LogP contribution < -0.4 is 5.73 Å². The van der Waals surface area contributed by atoms with Crippen molar-refractivity contribution in [2.45, 2.75) is 0 Å². The van der Waals surface area contributed by atoms with E-state index in [1.165, 1.54) is 24.3 Å². The average Bonchev–Trinajstić information content (AvgIpc) is 2.07. The molecule has 0 aliphatic rings. The van der Waals surface area contributed by atoms with Gasteiger partial charge >= 0.3 is 5.97 Å². The van der Waals surface area contributed by atoms with E-state index in [9.17, 15) is 9.18 Å². The van der Waals surface area contributed by atoms with Gasteiger partial charge in [0.05, 0.1) is 5.69 Å². The third-order valence-corrected chi connectivity index (χ3v) is 1.49. The lowest BCUT2D eigenvalue weighted by atomic mass is 10.1. The average molecular weight is 181 g/mol. The lowest BCUT2D eigenvalue weighted by molar-refractivity contribution is -0.131. The molecule has 13 heavy (non-hydrogen) atoms. The van der Waals surface area contributed by atoms with E-state index >= 15 is 0 Å². The van der Waals surface area contributed by atoms with Gasteiger partial charge in [-0.1, -0.05) is 12.1 Å². The van der Waals surface area contributed by atoms with Gasteiger partial charge in [-0.3, -0.25) is 0 Å². The topological polar surface area (TPSA) is 63.3 Å². The van der Waals surface area contributed by atoms with Gasteiger partial charge in [0.1, 0.15) is 5.82 Å². The molecule has 0 spiro atoms. The molecule has 0 aliphatic heterocycles. The van der Waals surface area contributed by atoms with Crippen molar-refractivity contribution in [3.8, 4) is 0 Å². The molecule has 0 aliphatic carbocycles. The number of halogens is 1. The Bertz CT molecular complexity index is 361. The summed E-state index contributed by atoms with van der Waals surface area (Å²) in [6.07, 6.45) is 2.16. The third-order valence-electron chi connectivity index (χ3n) is 1.49. The van der Waals surface area contributed by atoms with Crippen molar-refractivity contribution < 1.29 is 14.3 Å². The second kappa shape index (κ2) is 3.71. The van der Waals surface area contributed by atoms with Crippen LogP contribution in [0.15, 0.2) is 24.3 Å². The summed E-state index contributed by atoms with van der Waals surface area (Å²) in [5.41, 5.74) is 5.67. The monoisotopic (exact) mass is 181 g/mol. The maximum absolute atomic E-state index is 12.8. The van der Waals surface area contributed by atoms with Gasteiger partial charge < -0.3 is 10.8 Å². The van der Waals surface area contributed by atoms with E-state index in [1.54, 1.807) is 0 Å². The van der Waals surface area contributed by atoms with Gasteiger partial charge in [0.15, 0.2) is 0 Å². The number of carbonyl (C=O) groups is 1. The Morgan fingerprint density at radius 1 is 1.54 bits per heavy atom. The van der Waals surface area contributed by atoms with Gasteiger partial charge in [0.25, 0.3) is 0 Å². The smallest absolute Gasteiger partial charge is 0.328 e. The summed E-state index contributed by atoms with van der Waals surface area (Å²) in [6, 6.07) is 4.22. The maximum Gasteiger partial charge on any atom is 0.328 e. The summed E-state index contributed by atoms with van der Waals surface area (Å²) in [5.74, 6) is -1.64. The molecule has 1 aromatic rings. The van der Waals surface area contributed by atoms with Crippen LogP contribution in [0.5, 0.6) is 0 Å². The predicted octanol–water partition coefficient (Wildman–Crippen LogP) is 1.51. The van der Waals surface area contributed by atoms with Gasteiger partial charge in [0, 0.05) is 11.6 Å². The summed E-state index contributed by atoms with van der Waals surface area (Å²) < 4.78 is 12.8. The van der Waals surface area contributed by atoms with E-state index in [1.807, 2.05) is 0 Å². The van der Waals surface area contributed by atoms with Crippen molar-refractivity contribution in [2.24, 2.45) is 0 Å². The quantitative estimate of drug-likeness (QED) is 0.536. The minimum Gasteiger partial charge on any atom is -0.478 e. The molecule has 0 unspecified atom stereocenters. The normalized spacial score (nSPS) is 10.5. The molecule has 0 saturated carbocycles. The predicted molar refractivity (Wildman–Crippen MR) is 47.5 cm³/mol. The number of hydrogen-bond acceptors (Lipinski definition) is 2. The Kier molecular flexibility index (Phi) is 2.64. The fourth-order valence-electron chi connectivity index (χ4n) is 0.860. The second-order valence-electron chi connectivity index (χ2n) is 2.41. The van der Waals surface area contributed by atoms with E-state index in [2.05, 4.69) is 0 Å². The largest absolute Gasteiger partial charge is 0.478 e. The molecule has 0 radical (unpaired) electrons. The lowest BCUT2D eigenvalue weighted by Gasteiger charge is -1.99. The fourth-order valence-corrected chi connectivity index (χ4v) is 0.860. The molecule has 0 heterocycles. The summed E-state index contributed by atoms with van der Waals surface area (Å²) in [5, 5.41) is 8.31. The molecular weight excluding hydrogens is 173 g/mol. The molecule has 0 fully saturated rings. The molecule has 68 valence electrons. The van der Waals surface area contributed by atoms with Crippen LogP contribution in [0.4, 0.5) is 10.1 Å². The van der Waals surface area contributed by atoms with Crippen molar-refractivity contribution in [1.82, 2.24) is 0 Å². The summed E-state index contributed by atoms with van der Waals surface area (Å²) >= 11 is 0. The Labute approximate surface area is 74.3 Å². The zero-order valence-electron chi connectivity index (χ0n) is 6.70. The number of aliphatic carboxylic acids is 1. The van der Waals surface area contributed by atoms with Gasteiger partial charge in [-0.05, 0) is 12.1 Å². The fraction of sp³-hybridized carbons (Fsp3) is 0. The van der Waals surface area contributed by atoms with Crippen molar-refractivity contribution in [2.75, 3.05) is 5.73 Å². The number of benzene rings is 1. The van der Waals surface area contributed by atoms with Crippen LogP contribution in [0.2, 0.25) is 0 Å². The molecule has 3 N–H and O–H groups in total. The molecule has 0 atom stereocenters. The number of carboxylic acid groups (broad SMARTS) is 1. The second-order valence-corrected chi connectivity index (χ2v) is 2.41. The van der Waals surface area contributed by atoms with Crippen LogP contribution in [-0.2, 0) is 4.79 Å². The highest BCUT2D eigenvalue weighted by Gasteiger charge is 2.00. The van der Waals surface area contributed by atoms with Crippen molar-refractivity contribution in [3.05, 3.63) is 35.7 Å². The van der Waals surface area contributed by atoms with Crippen molar-refractivity contribution in [1.29, 1.82) is 0 Å². The van der Waals surface area contributed by atoms with E-state index in [4.69, 9.17) is 10.8 Å². The van der Waals surface area contributed by atoms with Crippen LogP contribution >= 0.6 is 0 Å². The minimum absolute atomic E-state index is 0.0417. The number of carboxylic acids is 1. The Morgan fingerprint density at radius 2 is 2.23 bits per heavy atom. The number of rotatable bonds is 2. The lowest BCUT2D eigenvalue weighted by Crippen LogP contribution is -1.94. The summed E-state index contributed by atoms with van der Waals surface area (Å²) in [4.78, 5) is 10.1. The molecular formula is C9H8FNO2. The number of anilines is 1. The molecule has 1 aromatic carbocycles. The zero-order valence-corrected chi connectivity index (χ0v) is 6.70. The first-order chi connectivity index (χ1) is 6.11. The highest BCUT2D eigenvalue weighted by atomic mass is 19.1. The van der Waals surface area contributed by atoms with Gasteiger partial charge in [-0.2, -0.15) is 0 Å². The summed E-state index contributed by atoms with van der Waals surface area (Å²) in [7, 11) is 0. The van der Waals surface area contributed by atoms with Crippen LogP contribution in [-0.4, -0.2) is 11.1 Å². The van der Waals surface area contributed by atoms with E-state index in [-0.39, 0.29) is 5.69 Å². The number of para-hydroxylation sites is 1. The van der Waals surface area contributed by atoms with Crippen LogP contribution in [0, 0.1) is 5.82 Å². The van der Waals surface area contributed by atoms with E-state index in [0.717, 1.165) is 6.08 Å². The van der Waals surface area contributed by atoms with Crippen LogP contribution in [0.1, 0.15) is 5.56 Å². The van der Waals surface area contributed by atoms with Crippen LogP contribution in [0.3, 0.4) is 0 Å². The number of nitrogen functional groups attached to an aromatic ring is 1. The third kappa shape index (κ3) is 2.30. The first-order valence-corrected chi connectivity index (χ1v) is 3.56. The zero-order chi connectivity index (χ0) is 9.84. The summed E-state index contributed by atoms with van der Waals surface area (Å²) in [6.45, 7) is 0. The number of nitrogens with two attached hydrogens (primary N) is 1. The maximum atomic E-state index is 12.8. The molecule has 1 rings (SSSR count). The molecule has 0 bridgehead atoms. The molecule has 0 amide bonds. The molecule has 4 heteroatoms. The van der Waals surface area contributed by atoms with Crippen molar-refractivity contribution in [3.63, 3.8) is 0 Å². The molecule has 0 aromatic heterocycles. The Morgan fingerprint density at radius 3 is 2.85 bits per heavy atom. The number of hydrogen-bond donors (Lipinski definition) is 2.